The van der Waals surface area contributed by atoms with E-state index in [2.05, 4.69) is 28.0 Å². The summed E-state index contributed by atoms with van der Waals surface area (Å²) in [6.45, 7) is 2.07. The number of nitrogen functional groups attached to an aromatic ring is 1. The van der Waals surface area contributed by atoms with E-state index in [0.717, 1.165) is 16.7 Å². The smallest absolute Gasteiger partial charge is 0.136 e. The first-order valence-electron chi connectivity index (χ1n) is 4.76. The third-order valence-corrected chi connectivity index (χ3v) is 2.95. The van der Waals surface area contributed by atoms with Crippen LogP contribution in [0.3, 0.4) is 0 Å². The lowest BCUT2D eigenvalue weighted by atomic mass is 10.2. The minimum Gasteiger partial charge on any atom is -0.467 e. The molecule has 80 valence electrons. The van der Waals surface area contributed by atoms with Crippen LogP contribution in [0.4, 0.5) is 5.82 Å². The minimum atomic E-state index is 0.0614. The molecule has 1 unspecified atom stereocenters. The van der Waals surface area contributed by atoms with E-state index in [4.69, 9.17) is 10.2 Å². The van der Waals surface area contributed by atoms with Crippen LogP contribution < -0.4 is 5.73 Å². The maximum Gasteiger partial charge on any atom is 0.136 e. The maximum absolute atomic E-state index is 5.90. The second-order valence-electron chi connectivity index (χ2n) is 3.26. The van der Waals surface area contributed by atoms with Crippen molar-refractivity contribution in [2.45, 2.75) is 19.4 Å². The van der Waals surface area contributed by atoms with Gasteiger partial charge in [0, 0.05) is 0 Å². The molecule has 0 saturated heterocycles. The highest BCUT2D eigenvalue weighted by Crippen LogP contribution is 2.28. The van der Waals surface area contributed by atoms with Crippen molar-refractivity contribution in [3.8, 4) is 0 Å². The normalized spacial score (nSPS) is 12.9. The van der Waals surface area contributed by atoms with Crippen molar-refractivity contribution in [2.24, 2.45) is 0 Å². The summed E-state index contributed by atoms with van der Waals surface area (Å²) in [5.41, 5.74) is 5.90. The number of nitrogens with zero attached hydrogens (tertiary/aromatic N) is 2. The number of rotatable bonds is 3. The molecule has 0 fully saturated rings. The van der Waals surface area contributed by atoms with Gasteiger partial charge in [-0.05, 0) is 34.5 Å². The maximum atomic E-state index is 5.90. The first-order valence-corrected chi connectivity index (χ1v) is 5.55. The zero-order valence-electron chi connectivity index (χ0n) is 8.35. The van der Waals surface area contributed by atoms with Gasteiger partial charge in [0.2, 0.25) is 0 Å². The van der Waals surface area contributed by atoms with Crippen LogP contribution in [0, 0.1) is 0 Å². The van der Waals surface area contributed by atoms with Gasteiger partial charge in [-0.25, -0.2) is 4.68 Å². The number of aromatic nitrogens is 2. The Morgan fingerprint density at radius 1 is 1.67 bits per heavy atom. The van der Waals surface area contributed by atoms with Gasteiger partial charge in [0.05, 0.1) is 16.9 Å². The van der Waals surface area contributed by atoms with Gasteiger partial charge in [-0.1, -0.05) is 6.92 Å². The molecule has 0 aliphatic heterocycles. The molecule has 0 spiro atoms. The Balaban J connectivity index is 2.40. The fraction of sp³-hybridized carbons (Fsp3) is 0.300. The molecule has 0 radical (unpaired) electrons. The Bertz CT molecular complexity index is 435. The van der Waals surface area contributed by atoms with Gasteiger partial charge in [0.1, 0.15) is 17.6 Å². The van der Waals surface area contributed by atoms with Crippen molar-refractivity contribution in [2.75, 3.05) is 5.73 Å². The van der Waals surface area contributed by atoms with Crippen molar-refractivity contribution in [1.82, 2.24) is 9.78 Å². The van der Waals surface area contributed by atoms with Gasteiger partial charge < -0.3 is 10.2 Å². The lowest BCUT2D eigenvalue weighted by molar-refractivity contribution is 0.401. The van der Waals surface area contributed by atoms with Crippen LogP contribution in [-0.4, -0.2) is 9.78 Å². The van der Waals surface area contributed by atoms with E-state index in [1.165, 1.54) is 0 Å². The Morgan fingerprint density at radius 3 is 2.93 bits per heavy atom. The number of hydrogen-bond donors (Lipinski definition) is 1. The number of halogens is 1. The van der Waals surface area contributed by atoms with Gasteiger partial charge in [0.15, 0.2) is 0 Å². The van der Waals surface area contributed by atoms with Crippen LogP contribution in [0.15, 0.2) is 33.5 Å². The number of anilines is 1. The predicted octanol–water partition coefficient (Wildman–Crippen LogP) is 2.82. The number of furan rings is 1. The van der Waals surface area contributed by atoms with Gasteiger partial charge in [0.25, 0.3) is 0 Å². The fourth-order valence-electron chi connectivity index (χ4n) is 1.57. The van der Waals surface area contributed by atoms with Crippen molar-refractivity contribution in [3.05, 3.63) is 34.8 Å². The summed E-state index contributed by atoms with van der Waals surface area (Å²) in [7, 11) is 0. The molecule has 1 atom stereocenters. The van der Waals surface area contributed by atoms with E-state index >= 15 is 0 Å². The highest BCUT2D eigenvalue weighted by Gasteiger charge is 2.18. The van der Waals surface area contributed by atoms with Crippen LogP contribution in [0.2, 0.25) is 0 Å². The molecule has 0 saturated carbocycles. The van der Waals surface area contributed by atoms with Crippen molar-refractivity contribution >= 4 is 21.7 Å². The van der Waals surface area contributed by atoms with Gasteiger partial charge in [-0.15, -0.1) is 0 Å². The molecule has 0 aromatic carbocycles. The van der Waals surface area contributed by atoms with Crippen LogP contribution in [0.5, 0.6) is 0 Å². The Labute approximate surface area is 96.2 Å². The van der Waals surface area contributed by atoms with E-state index in [0.29, 0.717) is 5.82 Å². The predicted molar refractivity (Wildman–Crippen MR) is 61.5 cm³/mol. The Morgan fingerprint density at radius 2 is 2.47 bits per heavy atom. The van der Waals surface area contributed by atoms with E-state index in [-0.39, 0.29) is 6.04 Å². The molecule has 2 heterocycles. The quantitative estimate of drug-likeness (QED) is 0.932. The molecule has 2 rings (SSSR count). The zero-order chi connectivity index (χ0) is 10.8. The molecule has 0 amide bonds. The summed E-state index contributed by atoms with van der Waals surface area (Å²) < 4.78 is 7.95. The highest BCUT2D eigenvalue weighted by molar-refractivity contribution is 9.10. The summed E-state index contributed by atoms with van der Waals surface area (Å²) >= 11 is 3.34. The monoisotopic (exact) mass is 269 g/mol. The molecule has 0 aliphatic carbocycles. The summed E-state index contributed by atoms with van der Waals surface area (Å²) in [5.74, 6) is 1.50. The standard InChI is InChI=1S/C10H12BrN3O/c1-2-8(9-4-3-5-15-9)14-10(12)7(11)6-13-14/h3-6,8H,2,12H2,1H3. The average molecular weight is 270 g/mol. The highest BCUT2D eigenvalue weighted by atomic mass is 79.9. The molecular formula is C10H12BrN3O. The van der Waals surface area contributed by atoms with Crippen LogP contribution in [0.25, 0.3) is 0 Å². The molecule has 2 N–H and O–H groups in total. The van der Waals surface area contributed by atoms with E-state index < -0.39 is 0 Å². The Hall–Kier alpha value is -1.23. The van der Waals surface area contributed by atoms with E-state index in [9.17, 15) is 0 Å². The SMILES string of the molecule is CCC(c1ccco1)n1ncc(Br)c1N. The van der Waals surface area contributed by atoms with E-state index in [1.54, 1.807) is 17.1 Å². The third-order valence-electron chi connectivity index (χ3n) is 2.34. The lowest BCUT2D eigenvalue weighted by Crippen LogP contribution is -2.13. The van der Waals surface area contributed by atoms with Crippen molar-refractivity contribution in [1.29, 1.82) is 0 Å². The Kier molecular flexibility index (Phi) is 2.81. The third kappa shape index (κ3) is 1.79. The summed E-state index contributed by atoms with van der Waals surface area (Å²) in [5, 5.41) is 4.23. The van der Waals surface area contributed by atoms with Gasteiger partial charge >= 0.3 is 0 Å². The molecule has 4 nitrogen and oxygen atoms in total. The average Bonchev–Trinajstić information content (AvgIpc) is 2.84. The fourth-order valence-corrected chi connectivity index (χ4v) is 1.85. The summed E-state index contributed by atoms with van der Waals surface area (Å²) in [4.78, 5) is 0. The first-order chi connectivity index (χ1) is 7.24. The second kappa shape index (κ2) is 4.10. The summed E-state index contributed by atoms with van der Waals surface area (Å²) in [6, 6.07) is 3.86. The van der Waals surface area contributed by atoms with Gasteiger partial charge in [-0.2, -0.15) is 5.10 Å². The van der Waals surface area contributed by atoms with E-state index in [1.807, 2.05) is 12.1 Å². The van der Waals surface area contributed by atoms with Crippen molar-refractivity contribution in [3.63, 3.8) is 0 Å². The first kappa shape index (κ1) is 10.3. The molecule has 15 heavy (non-hydrogen) atoms. The molecule has 2 aromatic rings. The molecule has 2 aromatic heterocycles. The van der Waals surface area contributed by atoms with Crippen LogP contribution >= 0.6 is 15.9 Å². The summed E-state index contributed by atoms with van der Waals surface area (Å²) in [6.07, 6.45) is 4.24. The van der Waals surface area contributed by atoms with Crippen molar-refractivity contribution < 1.29 is 4.42 Å². The van der Waals surface area contributed by atoms with Gasteiger partial charge in [-0.3, -0.25) is 0 Å². The molecule has 0 aliphatic rings. The molecule has 0 bridgehead atoms. The zero-order valence-corrected chi connectivity index (χ0v) is 9.94. The van der Waals surface area contributed by atoms with Crippen LogP contribution in [0.1, 0.15) is 25.1 Å². The molecule has 5 heteroatoms. The number of hydrogen-bond acceptors (Lipinski definition) is 3. The second-order valence-corrected chi connectivity index (χ2v) is 4.12. The lowest BCUT2D eigenvalue weighted by Gasteiger charge is -2.14. The minimum absolute atomic E-state index is 0.0614. The topological polar surface area (TPSA) is 57.0 Å². The molecular weight excluding hydrogens is 258 g/mol. The largest absolute Gasteiger partial charge is 0.467 e. The van der Waals surface area contributed by atoms with Crippen LogP contribution in [-0.2, 0) is 0 Å². The number of nitrogens with two attached hydrogens (primary N) is 1.